The number of aromatic nitrogens is 2. The van der Waals surface area contributed by atoms with Crippen molar-refractivity contribution < 1.29 is 9.53 Å². The zero-order chi connectivity index (χ0) is 16.8. The highest BCUT2D eigenvalue weighted by Gasteiger charge is 2.17. The molecule has 5 nitrogen and oxygen atoms in total. The summed E-state index contributed by atoms with van der Waals surface area (Å²) >= 11 is 6.31. The summed E-state index contributed by atoms with van der Waals surface area (Å²) in [6.45, 7) is 5.84. The molecule has 0 amide bonds. The van der Waals surface area contributed by atoms with Crippen molar-refractivity contribution in [3.8, 4) is 0 Å². The fraction of sp³-hybridized carbons (Fsp3) is 0.353. The van der Waals surface area contributed by atoms with Gasteiger partial charge in [0.2, 0.25) is 0 Å². The molecule has 1 N–H and O–H groups in total. The molecule has 1 heterocycles. The van der Waals surface area contributed by atoms with Gasteiger partial charge in [-0.3, -0.25) is 4.79 Å². The molecule has 122 valence electrons. The topological polar surface area (TPSA) is 64.1 Å². The van der Waals surface area contributed by atoms with E-state index in [0.29, 0.717) is 23.1 Å². The molecule has 0 aliphatic heterocycles. The van der Waals surface area contributed by atoms with E-state index in [1.807, 2.05) is 0 Å². The Labute approximate surface area is 141 Å². The lowest BCUT2D eigenvalue weighted by molar-refractivity contribution is -0.145. The first-order valence-electron chi connectivity index (χ1n) is 7.44. The van der Waals surface area contributed by atoms with Crippen LogP contribution in [0.25, 0.3) is 0 Å². The minimum Gasteiger partial charge on any atom is -0.456 e. The molecule has 0 spiro atoms. The van der Waals surface area contributed by atoms with Crippen molar-refractivity contribution in [1.29, 1.82) is 0 Å². The van der Waals surface area contributed by atoms with E-state index in [1.54, 1.807) is 6.92 Å². The zero-order valence-electron chi connectivity index (χ0n) is 13.5. The molecule has 0 saturated heterocycles. The van der Waals surface area contributed by atoms with Crippen LogP contribution in [0.2, 0.25) is 5.02 Å². The number of halogens is 1. The number of ether oxygens (including phenoxy) is 1. The van der Waals surface area contributed by atoms with E-state index in [1.165, 1.54) is 24.4 Å². The fourth-order valence-electron chi connectivity index (χ4n) is 2.17. The molecule has 2 rings (SSSR count). The SMILES string of the molecule is CC(=O)OC(C)c1ncnc(NCCc2ccc(C)cc2)c1Cl. The van der Waals surface area contributed by atoms with Crippen molar-refractivity contribution in [3.05, 3.63) is 52.4 Å². The summed E-state index contributed by atoms with van der Waals surface area (Å²) in [4.78, 5) is 19.3. The summed E-state index contributed by atoms with van der Waals surface area (Å²) in [7, 11) is 0. The number of hydrogen-bond acceptors (Lipinski definition) is 5. The van der Waals surface area contributed by atoms with E-state index in [2.05, 4.69) is 46.5 Å². The summed E-state index contributed by atoms with van der Waals surface area (Å²) in [5.74, 6) is 0.170. The number of benzene rings is 1. The Morgan fingerprint density at radius 2 is 2.00 bits per heavy atom. The molecule has 1 aromatic carbocycles. The second-order valence-corrected chi connectivity index (χ2v) is 5.71. The van der Waals surface area contributed by atoms with Crippen LogP contribution in [0.4, 0.5) is 5.82 Å². The molecule has 2 aromatic rings. The summed E-state index contributed by atoms with van der Waals surface area (Å²) in [5, 5.41) is 3.58. The van der Waals surface area contributed by atoms with Gasteiger partial charge in [0, 0.05) is 13.5 Å². The Kier molecular flexibility index (Phi) is 5.93. The van der Waals surface area contributed by atoms with Gasteiger partial charge in [-0.1, -0.05) is 41.4 Å². The van der Waals surface area contributed by atoms with Crippen molar-refractivity contribution in [2.24, 2.45) is 0 Å². The van der Waals surface area contributed by atoms with Gasteiger partial charge in [-0.2, -0.15) is 0 Å². The zero-order valence-corrected chi connectivity index (χ0v) is 14.2. The summed E-state index contributed by atoms with van der Waals surface area (Å²) in [6, 6.07) is 8.39. The molecule has 0 aliphatic carbocycles. The van der Waals surface area contributed by atoms with Gasteiger partial charge in [-0.25, -0.2) is 9.97 Å². The quantitative estimate of drug-likeness (QED) is 0.816. The van der Waals surface area contributed by atoms with Gasteiger partial charge in [0.25, 0.3) is 0 Å². The third kappa shape index (κ3) is 4.93. The van der Waals surface area contributed by atoms with Gasteiger partial charge in [-0.05, 0) is 25.8 Å². The number of esters is 1. The van der Waals surface area contributed by atoms with Gasteiger partial charge in [-0.15, -0.1) is 0 Å². The van der Waals surface area contributed by atoms with Crippen molar-refractivity contribution in [3.63, 3.8) is 0 Å². The van der Waals surface area contributed by atoms with Crippen molar-refractivity contribution in [2.45, 2.75) is 33.3 Å². The monoisotopic (exact) mass is 333 g/mol. The number of carbonyl (C=O) groups is 1. The normalized spacial score (nSPS) is 11.8. The van der Waals surface area contributed by atoms with Crippen molar-refractivity contribution >= 4 is 23.4 Å². The first-order valence-corrected chi connectivity index (χ1v) is 7.82. The second-order valence-electron chi connectivity index (χ2n) is 5.34. The molecule has 0 aliphatic rings. The van der Waals surface area contributed by atoms with Gasteiger partial charge < -0.3 is 10.1 Å². The molecule has 23 heavy (non-hydrogen) atoms. The number of rotatable bonds is 6. The Morgan fingerprint density at radius 1 is 1.30 bits per heavy atom. The van der Waals surface area contributed by atoms with E-state index < -0.39 is 6.10 Å². The molecule has 1 unspecified atom stereocenters. The number of anilines is 1. The Hall–Kier alpha value is -2.14. The molecule has 0 fully saturated rings. The minimum atomic E-state index is -0.513. The standard InChI is InChI=1S/C17H20ClN3O2/c1-11-4-6-14(7-5-11)8-9-19-17-15(18)16(20-10-21-17)12(2)23-13(3)22/h4-7,10,12H,8-9H2,1-3H3,(H,19,20,21). The number of nitrogens with one attached hydrogen (secondary N) is 1. The average Bonchev–Trinajstić information content (AvgIpc) is 2.50. The molecule has 0 bridgehead atoms. The first kappa shape index (κ1) is 17.2. The van der Waals surface area contributed by atoms with Crippen LogP contribution in [0.5, 0.6) is 0 Å². The molecular formula is C17H20ClN3O2. The van der Waals surface area contributed by atoms with Crippen LogP contribution in [0, 0.1) is 6.92 Å². The Balaban J connectivity index is 2.00. The lowest BCUT2D eigenvalue weighted by Crippen LogP contribution is -2.11. The van der Waals surface area contributed by atoms with Gasteiger partial charge in [0.15, 0.2) is 0 Å². The van der Waals surface area contributed by atoms with Crippen molar-refractivity contribution in [2.75, 3.05) is 11.9 Å². The average molecular weight is 334 g/mol. The molecular weight excluding hydrogens is 314 g/mol. The van der Waals surface area contributed by atoms with Gasteiger partial charge in [0.1, 0.15) is 29.0 Å². The van der Waals surface area contributed by atoms with Crippen LogP contribution in [0.15, 0.2) is 30.6 Å². The van der Waals surface area contributed by atoms with Crippen LogP contribution in [0.3, 0.4) is 0 Å². The molecule has 0 saturated carbocycles. The highest BCUT2D eigenvalue weighted by Crippen LogP contribution is 2.28. The number of carbonyl (C=O) groups excluding carboxylic acids is 1. The minimum absolute atomic E-state index is 0.374. The van der Waals surface area contributed by atoms with E-state index in [4.69, 9.17) is 16.3 Å². The lowest BCUT2D eigenvalue weighted by atomic mass is 10.1. The van der Waals surface area contributed by atoms with E-state index >= 15 is 0 Å². The summed E-state index contributed by atoms with van der Waals surface area (Å²) < 4.78 is 5.12. The van der Waals surface area contributed by atoms with Crippen LogP contribution in [-0.4, -0.2) is 22.5 Å². The molecule has 6 heteroatoms. The first-order chi connectivity index (χ1) is 11.0. The Morgan fingerprint density at radius 3 is 2.65 bits per heavy atom. The van der Waals surface area contributed by atoms with Crippen LogP contribution < -0.4 is 5.32 Å². The van der Waals surface area contributed by atoms with E-state index in [0.717, 1.165) is 6.42 Å². The highest BCUT2D eigenvalue weighted by molar-refractivity contribution is 6.33. The van der Waals surface area contributed by atoms with Gasteiger partial charge in [0.05, 0.1) is 0 Å². The van der Waals surface area contributed by atoms with E-state index in [9.17, 15) is 4.79 Å². The molecule has 0 radical (unpaired) electrons. The predicted molar refractivity (Wildman–Crippen MR) is 90.6 cm³/mol. The maximum atomic E-state index is 11.1. The van der Waals surface area contributed by atoms with E-state index in [-0.39, 0.29) is 5.97 Å². The lowest BCUT2D eigenvalue weighted by Gasteiger charge is -2.15. The number of aryl methyl sites for hydroxylation is 1. The second kappa shape index (κ2) is 7.92. The number of nitrogens with zero attached hydrogens (tertiary/aromatic N) is 2. The van der Waals surface area contributed by atoms with Crippen LogP contribution in [-0.2, 0) is 16.0 Å². The summed E-state index contributed by atoms with van der Waals surface area (Å²) in [6.07, 6.45) is 1.76. The van der Waals surface area contributed by atoms with Crippen LogP contribution in [0.1, 0.15) is 36.8 Å². The largest absolute Gasteiger partial charge is 0.456 e. The predicted octanol–water partition coefficient (Wildman–Crippen LogP) is 3.72. The van der Waals surface area contributed by atoms with Crippen LogP contribution >= 0.6 is 11.6 Å². The smallest absolute Gasteiger partial charge is 0.303 e. The third-order valence-corrected chi connectivity index (χ3v) is 3.74. The highest BCUT2D eigenvalue weighted by atomic mass is 35.5. The van der Waals surface area contributed by atoms with Gasteiger partial charge >= 0.3 is 5.97 Å². The maximum absolute atomic E-state index is 11.1. The molecule has 1 aromatic heterocycles. The third-order valence-electron chi connectivity index (χ3n) is 3.37. The molecule has 1 atom stereocenters. The summed E-state index contributed by atoms with van der Waals surface area (Å²) in [5.41, 5.74) is 2.97. The number of hydrogen-bond donors (Lipinski definition) is 1. The maximum Gasteiger partial charge on any atom is 0.303 e. The Bertz CT molecular complexity index is 674. The van der Waals surface area contributed by atoms with Crippen molar-refractivity contribution in [1.82, 2.24) is 9.97 Å². The fourth-order valence-corrected chi connectivity index (χ4v) is 2.49.